The van der Waals surface area contributed by atoms with E-state index < -0.39 is 0 Å². The van der Waals surface area contributed by atoms with Crippen LogP contribution in [0.25, 0.3) is 0 Å². The maximum Gasteiger partial charge on any atom is 0.124 e. The van der Waals surface area contributed by atoms with Crippen LogP contribution in [0.4, 0.5) is 0 Å². The predicted molar refractivity (Wildman–Crippen MR) is 44.8 cm³/mol. The molecule has 2 heterocycles. The summed E-state index contributed by atoms with van der Waals surface area (Å²) >= 11 is 1.43. The Balaban J connectivity index is 2.17. The highest BCUT2D eigenvalue weighted by molar-refractivity contribution is 7.12. The summed E-state index contributed by atoms with van der Waals surface area (Å²) in [5, 5.41) is 9.52. The monoisotopic (exact) mass is 180 g/mol. The number of ether oxygens (including phenoxy) is 1. The van der Waals surface area contributed by atoms with Gasteiger partial charge in [0.25, 0.3) is 0 Å². The topological polar surface area (TPSA) is 45.9 Å². The van der Waals surface area contributed by atoms with Crippen molar-refractivity contribution in [3.63, 3.8) is 0 Å². The molecule has 0 amide bonds. The molecule has 0 radical (unpaired) electrons. The maximum absolute atomic E-state index is 8.57. The Morgan fingerprint density at radius 1 is 1.75 bits per heavy atom. The molecular formula is C8H8N2OS. The summed E-state index contributed by atoms with van der Waals surface area (Å²) in [6, 6.07) is 2.07. The molecule has 0 saturated carbocycles. The van der Waals surface area contributed by atoms with Crippen molar-refractivity contribution in [2.75, 3.05) is 6.61 Å². The average Bonchev–Trinajstić information content (AvgIpc) is 2.75. The predicted octanol–water partition coefficient (Wildman–Crippen LogP) is 1.87. The van der Waals surface area contributed by atoms with Crippen LogP contribution in [0.5, 0.6) is 0 Å². The summed E-state index contributed by atoms with van der Waals surface area (Å²) in [6.45, 7) is 0.826. The van der Waals surface area contributed by atoms with Gasteiger partial charge < -0.3 is 4.74 Å². The summed E-state index contributed by atoms with van der Waals surface area (Å²) in [4.78, 5) is 4.81. The first-order valence-electron chi connectivity index (χ1n) is 3.87. The maximum atomic E-state index is 8.57. The Kier molecular flexibility index (Phi) is 2.07. The largest absolute Gasteiger partial charge is 0.371 e. The van der Waals surface area contributed by atoms with Crippen LogP contribution in [0.1, 0.15) is 28.8 Å². The van der Waals surface area contributed by atoms with Gasteiger partial charge in [-0.15, -0.1) is 11.3 Å². The lowest BCUT2D eigenvalue weighted by Gasteiger charge is -2.02. The molecule has 1 fully saturated rings. The minimum absolute atomic E-state index is 0.150. The van der Waals surface area contributed by atoms with Gasteiger partial charge in [0.1, 0.15) is 22.1 Å². The Bertz CT molecular complexity index is 309. The third kappa shape index (κ3) is 1.33. The molecule has 0 N–H and O–H groups in total. The molecule has 4 heteroatoms. The van der Waals surface area contributed by atoms with Gasteiger partial charge in [0.2, 0.25) is 0 Å². The van der Waals surface area contributed by atoms with Crippen molar-refractivity contribution >= 4 is 11.3 Å². The van der Waals surface area contributed by atoms with Gasteiger partial charge in [-0.3, -0.25) is 0 Å². The summed E-state index contributed by atoms with van der Waals surface area (Å²) in [5.41, 5.74) is 0. The summed E-state index contributed by atoms with van der Waals surface area (Å²) in [5.74, 6) is 0. The molecule has 0 spiro atoms. The molecule has 1 saturated heterocycles. The van der Waals surface area contributed by atoms with Crippen molar-refractivity contribution < 1.29 is 4.74 Å². The fourth-order valence-electron chi connectivity index (χ4n) is 1.26. The van der Waals surface area contributed by atoms with E-state index in [4.69, 9.17) is 10.00 Å². The van der Waals surface area contributed by atoms with Crippen LogP contribution in [0.3, 0.4) is 0 Å². The zero-order valence-corrected chi connectivity index (χ0v) is 7.30. The number of hydrogen-bond donors (Lipinski definition) is 0. The Morgan fingerprint density at radius 2 is 2.67 bits per heavy atom. The van der Waals surface area contributed by atoms with E-state index in [1.165, 1.54) is 11.3 Å². The zero-order chi connectivity index (χ0) is 8.39. The minimum Gasteiger partial charge on any atom is -0.371 e. The summed E-state index contributed by atoms with van der Waals surface area (Å²) < 4.78 is 5.44. The number of nitriles is 1. The van der Waals surface area contributed by atoms with Crippen LogP contribution in [-0.4, -0.2) is 11.6 Å². The van der Waals surface area contributed by atoms with Gasteiger partial charge in [-0.25, -0.2) is 4.98 Å². The van der Waals surface area contributed by atoms with Crippen molar-refractivity contribution in [2.24, 2.45) is 0 Å². The lowest BCUT2D eigenvalue weighted by Crippen LogP contribution is -1.93. The SMILES string of the molecule is N#Cc1cnc(C2CCCO2)s1. The van der Waals surface area contributed by atoms with E-state index in [0.29, 0.717) is 4.88 Å². The second-order valence-electron chi connectivity index (χ2n) is 2.68. The van der Waals surface area contributed by atoms with Crippen LogP contribution in [-0.2, 0) is 4.74 Å². The van der Waals surface area contributed by atoms with Crippen molar-refractivity contribution in [2.45, 2.75) is 18.9 Å². The van der Waals surface area contributed by atoms with E-state index in [1.54, 1.807) is 6.20 Å². The molecule has 0 aliphatic carbocycles. The van der Waals surface area contributed by atoms with E-state index in [1.807, 2.05) is 0 Å². The smallest absolute Gasteiger partial charge is 0.124 e. The third-order valence-corrected chi connectivity index (χ3v) is 2.83. The minimum atomic E-state index is 0.150. The Hall–Kier alpha value is -0.920. The molecule has 62 valence electrons. The van der Waals surface area contributed by atoms with Gasteiger partial charge in [-0.2, -0.15) is 5.26 Å². The van der Waals surface area contributed by atoms with Gasteiger partial charge in [-0.1, -0.05) is 0 Å². The molecule has 1 unspecified atom stereocenters. The Labute approximate surface area is 74.6 Å². The first kappa shape index (κ1) is 7.71. The zero-order valence-electron chi connectivity index (χ0n) is 6.49. The number of nitrogens with zero attached hydrogens (tertiary/aromatic N) is 2. The molecule has 0 bridgehead atoms. The molecule has 0 aromatic carbocycles. The van der Waals surface area contributed by atoms with E-state index in [2.05, 4.69) is 11.1 Å². The van der Waals surface area contributed by atoms with E-state index in [0.717, 1.165) is 24.5 Å². The fourth-order valence-corrected chi connectivity index (χ4v) is 2.06. The second-order valence-corrected chi connectivity index (χ2v) is 3.74. The van der Waals surface area contributed by atoms with Crippen LogP contribution in [0, 0.1) is 11.3 Å². The molecule has 2 rings (SSSR count). The molecule has 1 aliphatic heterocycles. The number of aromatic nitrogens is 1. The van der Waals surface area contributed by atoms with E-state index in [-0.39, 0.29) is 6.10 Å². The van der Waals surface area contributed by atoms with Gasteiger partial charge in [-0.05, 0) is 12.8 Å². The number of hydrogen-bond acceptors (Lipinski definition) is 4. The van der Waals surface area contributed by atoms with Crippen LogP contribution in [0.15, 0.2) is 6.20 Å². The van der Waals surface area contributed by atoms with E-state index >= 15 is 0 Å². The average molecular weight is 180 g/mol. The van der Waals surface area contributed by atoms with Crippen LogP contribution >= 0.6 is 11.3 Å². The lowest BCUT2D eigenvalue weighted by molar-refractivity contribution is 0.111. The molecule has 1 aromatic rings. The summed E-state index contributed by atoms with van der Waals surface area (Å²) in [7, 11) is 0. The molecular weight excluding hydrogens is 172 g/mol. The van der Waals surface area contributed by atoms with Gasteiger partial charge in [0.15, 0.2) is 0 Å². The van der Waals surface area contributed by atoms with Crippen molar-refractivity contribution in [1.82, 2.24) is 4.98 Å². The number of rotatable bonds is 1. The van der Waals surface area contributed by atoms with Crippen molar-refractivity contribution in [1.29, 1.82) is 5.26 Å². The normalized spacial score (nSPS) is 22.4. The van der Waals surface area contributed by atoms with E-state index in [9.17, 15) is 0 Å². The third-order valence-electron chi connectivity index (χ3n) is 1.84. The summed E-state index contributed by atoms with van der Waals surface area (Å²) in [6.07, 6.45) is 3.91. The molecule has 3 nitrogen and oxygen atoms in total. The number of thiazole rings is 1. The quantitative estimate of drug-likeness (QED) is 0.662. The Morgan fingerprint density at radius 3 is 3.25 bits per heavy atom. The van der Waals surface area contributed by atoms with Crippen molar-refractivity contribution in [3.05, 3.63) is 16.1 Å². The first-order chi connectivity index (χ1) is 5.90. The standard InChI is InChI=1S/C8H8N2OS/c9-4-6-5-10-8(12-6)7-2-1-3-11-7/h5,7H,1-3H2. The highest BCUT2D eigenvalue weighted by Crippen LogP contribution is 2.30. The molecule has 1 aliphatic rings. The highest BCUT2D eigenvalue weighted by Gasteiger charge is 2.20. The van der Waals surface area contributed by atoms with Crippen molar-refractivity contribution in [3.8, 4) is 6.07 Å². The second kappa shape index (κ2) is 3.21. The molecule has 12 heavy (non-hydrogen) atoms. The fraction of sp³-hybridized carbons (Fsp3) is 0.500. The van der Waals surface area contributed by atoms with Crippen LogP contribution in [0.2, 0.25) is 0 Å². The van der Waals surface area contributed by atoms with Gasteiger partial charge in [0.05, 0.1) is 6.20 Å². The first-order valence-corrected chi connectivity index (χ1v) is 4.69. The molecule has 1 atom stereocenters. The lowest BCUT2D eigenvalue weighted by atomic mass is 10.2. The van der Waals surface area contributed by atoms with Crippen LogP contribution < -0.4 is 0 Å². The molecule has 1 aromatic heterocycles. The highest BCUT2D eigenvalue weighted by atomic mass is 32.1. The van der Waals surface area contributed by atoms with Gasteiger partial charge in [0, 0.05) is 6.61 Å². The van der Waals surface area contributed by atoms with Gasteiger partial charge >= 0.3 is 0 Å².